The van der Waals surface area contributed by atoms with Gasteiger partial charge in [-0.05, 0) is 35.4 Å². The van der Waals surface area contributed by atoms with E-state index in [0.717, 1.165) is 16.9 Å². The van der Waals surface area contributed by atoms with Crippen molar-refractivity contribution < 1.29 is 0 Å². The predicted octanol–water partition coefficient (Wildman–Crippen LogP) is 3.02. The molecular weight excluding hydrogens is 248 g/mol. The maximum atomic E-state index is 7.46. The summed E-state index contributed by atoms with van der Waals surface area (Å²) >= 11 is 6.02. The molecule has 1 aromatic heterocycles. The number of anilines is 2. The van der Waals surface area contributed by atoms with Crippen LogP contribution in [0.5, 0.6) is 0 Å². The Morgan fingerprint density at radius 1 is 1.39 bits per heavy atom. The van der Waals surface area contributed by atoms with Crippen LogP contribution >= 0.6 is 11.6 Å². The van der Waals surface area contributed by atoms with Crippen LogP contribution in [0.4, 0.5) is 11.5 Å². The monoisotopic (exact) mass is 260 g/mol. The summed E-state index contributed by atoms with van der Waals surface area (Å²) in [5, 5.41) is 11.0. The normalized spacial score (nSPS) is 10.1. The highest BCUT2D eigenvalue weighted by Crippen LogP contribution is 2.31. The lowest BCUT2D eigenvalue weighted by Crippen LogP contribution is -1.98. The van der Waals surface area contributed by atoms with Gasteiger partial charge in [-0.3, -0.25) is 0 Å². The van der Waals surface area contributed by atoms with Gasteiger partial charge in [0.2, 0.25) is 0 Å². The Labute approximate surface area is 110 Å². The van der Waals surface area contributed by atoms with Gasteiger partial charge in [0.15, 0.2) is 0 Å². The van der Waals surface area contributed by atoms with E-state index in [0.29, 0.717) is 16.3 Å². The van der Waals surface area contributed by atoms with Crippen molar-refractivity contribution in [3.63, 3.8) is 0 Å². The Hall–Kier alpha value is -2.07. The summed E-state index contributed by atoms with van der Waals surface area (Å²) in [6, 6.07) is 7.19. The molecule has 1 heterocycles. The fourth-order valence-corrected chi connectivity index (χ4v) is 2.00. The topological polar surface area (TPSA) is 74.8 Å². The fourth-order valence-electron chi connectivity index (χ4n) is 1.77. The number of pyridine rings is 1. The van der Waals surface area contributed by atoms with E-state index in [1.54, 1.807) is 25.4 Å². The predicted molar refractivity (Wildman–Crippen MR) is 76.5 cm³/mol. The molecule has 0 saturated heterocycles. The number of nitrogens with two attached hydrogens (primary N) is 1. The molecule has 0 aliphatic rings. The average molecular weight is 261 g/mol. The summed E-state index contributed by atoms with van der Waals surface area (Å²) in [5.74, 6) is 0.752. The molecule has 0 atom stereocenters. The molecule has 5 heteroatoms. The molecule has 0 unspecified atom stereocenters. The molecule has 0 bridgehead atoms. The first-order valence-electron chi connectivity index (χ1n) is 5.39. The van der Waals surface area contributed by atoms with E-state index in [-0.39, 0.29) is 0 Å². The van der Waals surface area contributed by atoms with Gasteiger partial charge in [-0.25, -0.2) is 4.98 Å². The molecule has 0 aliphatic heterocycles. The average Bonchev–Trinajstić information content (AvgIpc) is 2.38. The van der Waals surface area contributed by atoms with Crippen molar-refractivity contribution in [2.75, 3.05) is 18.1 Å². The molecule has 92 valence electrons. The zero-order chi connectivity index (χ0) is 13.1. The van der Waals surface area contributed by atoms with Gasteiger partial charge in [0.05, 0.1) is 0 Å². The molecule has 2 rings (SSSR count). The van der Waals surface area contributed by atoms with Crippen molar-refractivity contribution >= 4 is 29.3 Å². The number of hydrogen-bond donors (Lipinski definition) is 3. The van der Waals surface area contributed by atoms with Crippen molar-refractivity contribution in [3.05, 3.63) is 41.0 Å². The maximum Gasteiger partial charge on any atom is 0.126 e. The van der Waals surface area contributed by atoms with E-state index < -0.39 is 0 Å². The summed E-state index contributed by atoms with van der Waals surface area (Å²) in [6.07, 6.45) is 2.94. The summed E-state index contributed by atoms with van der Waals surface area (Å²) in [5.41, 5.74) is 8.78. The van der Waals surface area contributed by atoms with Gasteiger partial charge in [0.25, 0.3) is 0 Å². The first kappa shape index (κ1) is 12.4. The Morgan fingerprint density at radius 3 is 2.83 bits per heavy atom. The number of halogens is 1. The Bertz CT molecular complexity index is 596. The third-order valence-corrected chi connectivity index (χ3v) is 2.87. The smallest absolute Gasteiger partial charge is 0.126 e. The molecule has 0 fully saturated rings. The third-order valence-electron chi connectivity index (χ3n) is 2.65. The summed E-state index contributed by atoms with van der Waals surface area (Å²) in [6.45, 7) is 0. The van der Waals surface area contributed by atoms with Crippen LogP contribution in [0.15, 0.2) is 30.5 Å². The van der Waals surface area contributed by atoms with Gasteiger partial charge in [-0.15, -0.1) is 0 Å². The minimum absolute atomic E-state index is 0.496. The van der Waals surface area contributed by atoms with Crippen LogP contribution in [0.25, 0.3) is 11.1 Å². The first-order valence-corrected chi connectivity index (χ1v) is 5.77. The van der Waals surface area contributed by atoms with Gasteiger partial charge in [0, 0.05) is 35.7 Å². The number of nitrogens with one attached hydrogen (secondary N) is 2. The number of hydrogen-bond acceptors (Lipinski definition) is 4. The van der Waals surface area contributed by atoms with E-state index in [1.807, 2.05) is 12.1 Å². The Morgan fingerprint density at radius 2 is 2.17 bits per heavy atom. The van der Waals surface area contributed by atoms with Gasteiger partial charge in [0.1, 0.15) is 5.82 Å². The highest BCUT2D eigenvalue weighted by Gasteiger charge is 2.09. The van der Waals surface area contributed by atoms with Crippen LogP contribution < -0.4 is 11.1 Å². The third kappa shape index (κ3) is 2.28. The van der Waals surface area contributed by atoms with Gasteiger partial charge in [-0.1, -0.05) is 11.6 Å². The van der Waals surface area contributed by atoms with Gasteiger partial charge < -0.3 is 16.5 Å². The SMILES string of the molecule is CNc1cc(-c2cc(Cl)cc(N)c2C=N)ccn1. The number of benzene rings is 1. The molecule has 1 aromatic carbocycles. The number of aromatic nitrogens is 1. The molecular formula is C13H13ClN4. The van der Waals surface area contributed by atoms with Crippen LogP contribution in [0.3, 0.4) is 0 Å². The molecule has 0 aliphatic carbocycles. The van der Waals surface area contributed by atoms with E-state index >= 15 is 0 Å². The van der Waals surface area contributed by atoms with Crippen molar-refractivity contribution in [2.24, 2.45) is 0 Å². The van der Waals surface area contributed by atoms with Gasteiger partial charge >= 0.3 is 0 Å². The summed E-state index contributed by atoms with van der Waals surface area (Å²) in [7, 11) is 1.80. The lowest BCUT2D eigenvalue weighted by atomic mass is 9.99. The van der Waals surface area contributed by atoms with Crippen LogP contribution in [0.2, 0.25) is 5.02 Å². The second-order valence-electron chi connectivity index (χ2n) is 3.78. The summed E-state index contributed by atoms with van der Waals surface area (Å²) < 4.78 is 0. The lowest BCUT2D eigenvalue weighted by molar-refractivity contribution is 1.29. The van der Waals surface area contributed by atoms with E-state index in [1.165, 1.54) is 6.21 Å². The van der Waals surface area contributed by atoms with Crippen molar-refractivity contribution in [1.82, 2.24) is 4.98 Å². The number of nitrogen functional groups attached to an aromatic ring is 1. The van der Waals surface area contributed by atoms with E-state index in [2.05, 4.69) is 10.3 Å². The summed E-state index contributed by atoms with van der Waals surface area (Å²) in [4.78, 5) is 4.15. The Kier molecular flexibility index (Phi) is 3.48. The number of nitrogens with zero attached hydrogens (tertiary/aromatic N) is 1. The van der Waals surface area contributed by atoms with E-state index in [4.69, 9.17) is 22.7 Å². The van der Waals surface area contributed by atoms with Crippen LogP contribution in [0, 0.1) is 5.41 Å². The molecule has 0 radical (unpaired) electrons. The molecule has 0 saturated carbocycles. The van der Waals surface area contributed by atoms with E-state index in [9.17, 15) is 0 Å². The zero-order valence-corrected chi connectivity index (χ0v) is 10.6. The van der Waals surface area contributed by atoms with Crippen molar-refractivity contribution in [3.8, 4) is 11.1 Å². The van der Waals surface area contributed by atoms with Crippen molar-refractivity contribution in [2.45, 2.75) is 0 Å². The minimum Gasteiger partial charge on any atom is -0.398 e. The second kappa shape index (κ2) is 5.06. The highest BCUT2D eigenvalue weighted by atomic mass is 35.5. The Balaban J connectivity index is 2.65. The fraction of sp³-hybridized carbons (Fsp3) is 0.0769. The first-order chi connectivity index (χ1) is 8.65. The standard InChI is InChI=1S/C13H13ClN4/c1-17-13-4-8(2-3-18-13)10-5-9(14)6-12(16)11(10)7-15/h2-7,15H,16H2,1H3,(H,17,18). The van der Waals surface area contributed by atoms with Crippen LogP contribution in [-0.2, 0) is 0 Å². The molecule has 0 amide bonds. The van der Waals surface area contributed by atoms with Crippen LogP contribution in [-0.4, -0.2) is 18.2 Å². The molecule has 0 spiro atoms. The highest BCUT2D eigenvalue weighted by molar-refractivity contribution is 6.31. The van der Waals surface area contributed by atoms with Crippen LogP contribution in [0.1, 0.15) is 5.56 Å². The molecule has 2 aromatic rings. The number of rotatable bonds is 3. The lowest BCUT2D eigenvalue weighted by Gasteiger charge is -2.10. The quantitative estimate of drug-likeness (QED) is 0.587. The maximum absolute atomic E-state index is 7.46. The van der Waals surface area contributed by atoms with Gasteiger partial charge in [-0.2, -0.15) is 0 Å². The van der Waals surface area contributed by atoms with Crippen molar-refractivity contribution in [1.29, 1.82) is 5.41 Å². The second-order valence-corrected chi connectivity index (χ2v) is 4.22. The molecule has 18 heavy (non-hydrogen) atoms. The zero-order valence-electron chi connectivity index (χ0n) is 9.87. The minimum atomic E-state index is 0.496. The molecule has 4 N–H and O–H groups in total. The molecule has 4 nitrogen and oxygen atoms in total. The largest absolute Gasteiger partial charge is 0.398 e.